The normalized spacial score (nSPS) is 17.6. The van der Waals surface area contributed by atoms with Crippen molar-refractivity contribution in [2.75, 3.05) is 59.5 Å². The van der Waals surface area contributed by atoms with Gasteiger partial charge in [0.05, 0.1) is 39.9 Å². The summed E-state index contributed by atoms with van der Waals surface area (Å²) in [6.07, 6.45) is 3.46. The summed E-state index contributed by atoms with van der Waals surface area (Å²) in [5, 5.41) is 0. The van der Waals surface area contributed by atoms with Gasteiger partial charge in [0, 0.05) is 19.5 Å². The van der Waals surface area contributed by atoms with Crippen LogP contribution in [0.25, 0.3) is 0 Å². The number of likely N-dealkylation sites (tertiary alicyclic amines) is 1. The standard InChI is InChI=1S/C21H31N3O4/c1-27-18-6-8-19(9-7-18)28-16-4-5-20(25)24-14-12-22(13-15-24)17-21(26)23-10-2-3-11-23/h6-9H,2-5,10-17H2,1H3/p+1. The Morgan fingerprint density at radius 2 is 1.54 bits per heavy atom. The summed E-state index contributed by atoms with van der Waals surface area (Å²) in [4.78, 5) is 29.9. The highest BCUT2D eigenvalue weighted by Crippen LogP contribution is 2.17. The summed E-state index contributed by atoms with van der Waals surface area (Å²) < 4.78 is 10.8. The van der Waals surface area contributed by atoms with Crippen molar-refractivity contribution in [2.24, 2.45) is 0 Å². The van der Waals surface area contributed by atoms with Crippen molar-refractivity contribution < 1.29 is 24.0 Å². The number of hydrogen-bond acceptors (Lipinski definition) is 4. The second kappa shape index (κ2) is 10.3. The van der Waals surface area contributed by atoms with Crippen molar-refractivity contribution in [2.45, 2.75) is 25.7 Å². The number of amides is 2. The van der Waals surface area contributed by atoms with Crippen LogP contribution in [0.5, 0.6) is 11.5 Å². The van der Waals surface area contributed by atoms with E-state index in [-0.39, 0.29) is 11.8 Å². The summed E-state index contributed by atoms with van der Waals surface area (Å²) >= 11 is 0. The van der Waals surface area contributed by atoms with Gasteiger partial charge in [0.2, 0.25) is 5.91 Å². The number of rotatable bonds is 8. The summed E-state index contributed by atoms with van der Waals surface area (Å²) in [6.45, 7) is 6.10. The molecule has 7 heteroatoms. The van der Waals surface area contributed by atoms with Crippen LogP contribution in [0, 0.1) is 0 Å². The van der Waals surface area contributed by atoms with Gasteiger partial charge in [-0.1, -0.05) is 0 Å². The maximum atomic E-state index is 12.4. The molecule has 2 aliphatic rings. The van der Waals surface area contributed by atoms with Crippen LogP contribution in [-0.2, 0) is 9.59 Å². The number of hydrogen-bond donors (Lipinski definition) is 1. The van der Waals surface area contributed by atoms with Crippen LogP contribution in [-0.4, -0.2) is 81.1 Å². The number of carbonyl (C=O) groups is 2. The molecule has 0 aromatic heterocycles. The highest BCUT2D eigenvalue weighted by molar-refractivity contribution is 5.77. The van der Waals surface area contributed by atoms with Gasteiger partial charge >= 0.3 is 0 Å². The molecule has 1 N–H and O–H groups in total. The average Bonchev–Trinajstić information content (AvgIpc) is 3.27. The van der Waals surface area contributed by atoms with Crippen LogP contribution >= 0.6 is 0 Å². The molecule has 0 aliphatic carbocycles. The van der Waals surface area contributed by atoms with E-state index < -0.39 is 0 Å². The first-order valence-electron chi connectivity index (χ1n) is 10.3. The Morgan fingerprint density at radius 3 is 2.18 bits per heavy atom. The van der Waals surface area contributed by atoms with E-state index in [0.717, 1.165) is 63.6 Å². The molecule has 0 spiro atoms. The highest BCUT2D eigenvalue weighted by atomic mass is 16.5. The summed E-state index contributed by atoms with van der Waals surface area (Å²) in [7, 11) is 1.63. The Balaban J connectivity index is 1.29. The van der Waals surface area contributed by atoms with E-state index in [2.05, 4.69) is 0 Å². The lowest BCUT2D eigenvalue weighted by Crippen LogP contribution is -3.15. The van der Waals surface area contributed by atoms with Gasteiger partial charge in [-0.3, -0.25) is 9.59 Å². The Kier molecular flexibility index (Phi) is 7.54. The number of quaternary nitrogens is 1. The minimum atomic E-state index is 0.184. The number of nitrogens with one attached hydrogen (secondary N) is 1. The third-order valence-electron chi connectivity index (χ3n) is 5.55. The van der Waals surface area contributed by atoms with Crippen LogP contribution < -0.4 is 14.4 Å². The van der Waals surface area contributed by atoms with Crippen LogP contribution in [0.2, 0.25) is 0 Å². The van der Waals surface area contributed by atoms with Crippen molar-refractivity contribution in [3.63, 3.8) is 0 Å². The lowest BCUT2D eigenvalue weighted by atomic mass is 10.2. The molecule has 2 fully saturated rings. The number of carbonyl (C=O) groups excluding carboxylic acids is 2. The third-order valence-corrected chi connectivity index (χ3v) is 5.55. The zero-order valence-corrected chi connectivity index (χ0v) is 16.8. The summed E-state index contributed by atoms with van der Waals surface area (Å²) in [6, 6.07) is 7.45. The van der Waals surface area contributed by atoms with Crippen LogP contribution in [0.15, 0.2) is 24.3 Å². The second-order valence-electron chi connectivity index (χ2n) is 7.52. The molecular formula is C21H32N3O4+. The smallest absolute Gasteiger partial charge is 0.277 e. The minimum Gasteiger partial charge on any atom is -0.497 e. The van der Waals surface area contributed by atoms with Crippen molar-refractivity contribution >= 4 is 11.8 Å². The Morgan fingerprint density at radius 1 is 0.929 bits per heavy atom. The molecule has 7 nitrogen and oxygen atoms in total. The van der Waals surface area contributed by atoms with E-state index in [9.17, 15) is 9.59 Å². The van der Waals surface area contributed by atoms with E-state index in [0.29, 0.717) is 26.0 Å². The van der Waals surface area contributed by atoms with Crippen molar-refractivity contribution in [3.8, 4) is 11.5 Å². The topological polar surface area (TPSA) is 63.5 Å². The minimum absolute atomic E-state index is 0.184. The largest absolute Gasteiger partial charge is 0.497 e. The molecule has 0 unspecified atom stereocenters. The molecule has 28 heavy (non-hydrogen) atoms. The van der Waals surface area contributed by atoms with Crippen molar-refractivity contribution in [1.29, 1.82) is 0 Å². The third kappa shape index (κ3) is 5.86. The first-order valence-corrected chi connectivity index (χ1v) is 10.3. The first-order chi connectivity index (χ1) is 13.7. The zero-order chi connectivity index (χ0) is 19.8. The van der Waals surface area contributed by atoms with E-state index in [1.54, 1.807) is 7.11 Å². The maximum Gasteiger partial charge on any atom is 0.277 e. The fourth-order valence-corrected chi connectivity index (χ4v) is 3.78. The van der Waals surface area contributed by atoms with Crippen LogP contribution in [0.3, 0.4) is 0 Å². The quantitative estimate of drug-likeness (QED) is 0.645. The molecule has 154 valence electrons. The van der Waals surface area contributed by atoms with Gasteiger partial charge in [-0.05, 0) is 43.5 Å². The van der Waals surface area contributed by atoms with Gasteiger partial charge in [-0.15, -0.1) is 0 Å². The molecule has 2 amide bonds. The first kappa shape index (κ1) is 20.5. The molecular weight excluding hydrogens is 358 g/mol. The molecule has 1 aromatic carbocycles. The van der Waals surface area contributed by atoms with Crippen molar-refractivity contribution in [3.05, 3.63) is 24.3 Å². The van der Waals surface area contributed by atoms with E-state index in [1.165, 1.54) is 4.90 Å². The SMILES string of the molecule is COc1ccc(OCCCC(=O)N2CC[NH+](CC(=O)N3CCCC3)CC2)cc1. The fraction of sp³-hybridized carbons (Fsp3) is 0.619. The number of piperazine rings is 1. The molecule has 2 saturated heterocycles. The maximum absolute atomic E-state index is 12.4. The Hall–Kier alpha value is -2.28. The molecule has 2 aliphatic heterocycles. The predicted octanol–water partition coefficient (Wildman–Crippen LogP) is 0.204. The number of ether oxygens (including phenoxy) is 2. The number of benzene rings is 1. The monoisotopic (exact) mass is 390 g/mol. The molecule has 0 atom stereocenters. The summed E-state index contributed by atoms with van der Waals surface area (Å²) in [5.41, 5.74) is 0. The van der Waals surface area contributed by atoms with Crippen LogP contribution in [0.4, 0.5) is 0 Å². The average molecular weight is 391 g/mol. The molecule has 0 radical (unpaired) electrons. The molecule has 0 saturated carbocycles. The highest BCUT2D eigenvalue weighted by Gasteiger charge is 2.27. The lowest BCUT2D eigenvalue weighted by Gasteiger charge is -2.32. The molecule has 0 bridgehead atoms. The van der Waals surface area contributed by atoms with Gasteiger partial charge in [0.25, 0.3) is 5.91 Å². The Labute approximate surface area is 167 Å². The molecule has 1 aromatic rings. The lowest BCUT2D eigenvalue weighted by molar-refractivity contribution is -0.896. The zero-order valence-electron chi connectivity index (χ0n) is 16.8. The second-order valence-corrected chi connectivity index (χ2v) is 7.52. The van der Waals surface area contributed by atoms with Gasteiger partial charge in [0.1, 0.15) is 11.5 Å². The Bertz CT molecular complexity index is 636. The van der Waals surface area contributed by atoms with Crippen LogP contribution in [0.1, 0.15) is 25.7 Å². The van der Waals surface area contributed by atoms with Gasteiger partial charge in [0.15, 0.2) is 6.54 Å². The van der Waals surface area contributed by atoms with Gasteiger partial charge in [-0.2, -0.15) is 0 Å². The number of nitrogens with zero attached hydrogens (tertiary/aromatic N) is 2. The van der Waals surface area contributed by atoms with E-state index in [4.69, 9.17) is 9.47 Å². The predicted molar refractivity (Wildman–Crippen MR) is 106 cm³/mol. The summed E-state index contributed by atoms with van der Waals surface area (Å²) in [5.74, 6) is 2.03. The van der Waals surface area contributed by atoms with E-state index >= 15 is 0 Å². The number of methoxy groups -OCH3 is 1. The molecule has 3 rings (SSSR count). The van der Waals surface area contributed by atoms with E-state index in [1.807, 2.05) is 34.1 Å². The van der Waals surface area contributed by atoms with Gasteiger partial charge < -0.3 is 24.2 Å². The molecule has 2 heterocycles. The van der Waals surface area contributed by atoms with Crippen molar-refractivity contribution in [1.82, 2.24) is 9.80 Å². The fourth-order valence-electron chi connectivity index (χ4n) is 3.78. The van der Waals surface area contributed by atoms with Gasteiger partial charge in [-0.25, -0.2) is 0 Å².